The van der Waals surface area contributed by atoms with Crippen LogP contribution >= 0.6 is 11.6 Å². The topological polar surface area (TPSA) is 89.0 Å². The van der Waals surface area contributed by atoms with Crippen molar-refractivity contribution in [1.29, 1.82) is 0 Å². The van der Waals surface area contributed by atoms with Crippen molar-refractivity contribution in [3.8, 4) is 5.75 Å². The number of methoxy groups -OCH3 is 2. The number of carbonyl (C=O) groups is 2. The summed E-state index contributed by atoms with van der Waals surface area (Å²) in [5.74, 6) is 0.505. The molecule has 2 aromatic rings. The first-order chi connectivity index (χ1) is 15.9. The van der Waals surface area contributed by atoms with Gasteiger partial charge in [0.05, 0.1) is 19.9 Å². The van der Waals surface area contributed by atoms with Crippen LogP contribution in [-0.4, -0.2) is 38.1 Å². The van der Waals surface area contributed by atoms with Crippen molar-refractivity contribution >= 4 is 35.1 Å². The van der Waals surface area contributed by atoms with E-state index in [2.05, 4.69) is 20.4 Å². The van der Waals surface area contributed by atoms with Crippen LogP contribution in [0.15, 0.2) is 47.5 Å². The Hall–Kier alpha value is -3.13. The highest BCUT2D eigenvalue weighted by Crippen LogP contribution is 2.28. The number of nitrogens with one attached hydrogen (secondary N) is 2. The summed E-state index contributed by atoms with van der Waals surface area (Å²) in [6.07, 6.45) is 3.35. The third-order valence-corrected chi connectivity index (χ3v) is 5.78. The first-order valence-electron chi connectivity index (χ1n) is 10.7. The van der Waals surface area contributed by atoms with Gasteiger partial charge in [-0.3, -0.25) is 4.79 Å². The number of halogens is 2. The standard InChI is InChI=1S/C24H27ClFN3O4/c1-32-21-9-5-16(6-10-21)23(30)29-22(27-20-13-17(25)12-18(26)14-20)11-15-3-7-19(8-4-15)28-24(31)33-2/h5-6,9-10,12-15,19H,3-4,7-8,11H2,1-2H3,(H,28,31)(H,27,29,30). The molecule has 1 saturated carbocycles. The molecule has 2 aromatic carbocycles. The third-order valence-electron chi connectivity index (χ3n) is 5.56. The fourth-order valence-corrected chi connectivity index (χ4v) is 4.06. The van der Waals surface area contributed by atoms with E-state index >= 15 is 0 Å². The molecule has 0 unspecified atom stereocenters. The number of alkyl carbamates (subject to hydrolysis) is 1. The van der Waals surface area contributed by atoms with Crippen LogP contribution in [0.5, 0.6) is 5.75 Å². The Kier molecular flexibility index (Phi) is 8.65. The van der Waals surface area contributed by atoms with Crippen LogP contribution < -0.4 is 15.4 Å². The smallest absolute Gasteiger partial charge is 0.407 e. The van der Waals surface area contributed by atoms with E-state index in [0.29, 0.717) is 29.3 Å². The normalized spacial score (nSPS) is 18.4. The van der Waals surface area contributed by atoms with Gasteiger partial charge in [0.1, 0.15) is 17.4 Å². The molecule has 0 bridgehead atoms. The van der Waals surface area contributed by atoms with Gasteiger partial charge >= 0.3 is 6.09 Å². The van der Waals surface area contributed by atoms with Crippen LogP contribution in [-0.2, 0) is 4.74 Å². The molecule has 9 heteroatoms. The minimum atomic E-state index is -0.503. The number of carbonyl (C=O) groups excluding carboxylic acids is 2. The zero-order valence-corrected chi connectivity index (χ0v) is 19.3. The van der Waals surface area contributed by atoms with Gasteiger partial charge in [0.25, 0.3) is 5.91 Å². The zero-order valence-electron chi connectivity index (χ0n) is 18.6. The lowest BCUT2D eigenvalue weighted by molar-refractivity contribution is 0.0975. The molecular formula is C24H27ClFN3O4. The predicted molar refractivity (Wildman–Crippen MR) is 125 cm³/mol. The van der Waals surface area contributed by atoms with Crippen molar-refractivity contribution in [2.45, 2.75) is 38.1 Å². The SMILES string of the molecule is COC(=O)NC1CCC(CC(=Nc2cc(F)cc(Cl)c2)NC(=O)c2ccc(OC)cc2)CC1. The van der Waals surface area contributed by atoms with Gasteiger partial charge < -0.3 is 20.1 Å². The van der Waals surface area contributed by atoms with Crippen LogP contribution in [0.3, 0.4) is 0 Å². The molecule has 0 heterocycles. The second-order valence-electron chi connectivity index (χ2n) is 7.93. The molecule has 0 radical (unpaired) electrons. The second-order valence-corrected chi connectivity index (χ2v) is 8.36. The van der Waals surface area contributed by atoms with Crippen molar-refractivity contribution in [3.63, 3.8) is 0 Å². The van der Waals surface area contributed by atoms with E-state index in [4.69, 9.17) is 16.3 Å². The number of hydrogen-bond donors (Lipinski definition) is 2. The lowest BCUT2D eigenvalue weighted by atomic mass is 9.84. The molecule has 1 aliphatic rings. The third kappa shape index (κ3) is 7.46. The molecule has 7 nitrogen and oxygen atoms in total. The summed E-state index contributed by atoms with van der Waals surface area (Å²) in [4.78, 5) is 28.8. The first-order valence-corrected chi connectivity index (χ1v) is 11.1. The number of hydrogen-bond acceptors (Lipinski definition) is 5. The summed E-state index contributed by atoms with van der Waals surface area (Å²) < 4.78 is 23.6. The van der Waals surface area contributed by atoms with Gasteiger partial charge in [0, 0.05) is 23.0 Å². The highest BCUT2D eigenvalue weighted by Gasteiger charge is 2.24. The first kappa shape index (κ1) is 24.5. The van der Waals surface area contributed by atoms with E-state index in [0.717, 1.165) is 25.7 Å². The number of nitrogens with zero attached hydrogens (tertiary/aromatic N) is 1. The molecule has 33 heavy (non-hydrogen) atoms. The molecular weight excluding hydrogens is 449 g/mol. The van der Waals surface area contributed by atoms with Gasteiger partial charge in [-0.1, -0.05) is 11.6 Å². The highest BCUT2D eigenvalue weighted by atomic mass is 35.5. The molecule has 0 spiro atoms. The van der Waals surface area contributed by atoms with E-state index in [1.165, 1.54) is 19.2 Å². The number of ether oxygens (including phenoxy) is 2. The Morgan fingerprint density at radius 3 is 2.39 bits per heavy atom. The van der Waals surface area contributed by atoms with Crippen molar-refractivity contribution in [2.24, 2.45) is 10.9 Å². The van der Waals surface area contributed by atoms with Crippen molar-refractivity contribution in [2.75, 3.05) is 14.2 Å². The molecule has 176 valence electrons. The van der Waals surface area contributed by atoms with Crippen molar-refractivity contribution in [1.82, 2.24) is 10.6 Å². The van der Waals surface area contributed by atoms with Crippen molar-refractivity contribution < 1.29 is 23.5 Å². The maximum Gasteiger partial charge on any atom is 0.407 e. The molecule has 1 fully saturated rings. The van der Waals surface area contributed by atoms with Crippen LogP contribution in [0, 0.1) is 11.7 Å². The van der Waals surface area contributed by atoms with Crippen LogP contribution in [0.25, 0.3) is 0 Å². The molecule has 2 N–H and O–H groups in total. The molecule has 1 aliphatic carbocycles. The minimum Gasteiger partial charge on any atom is -0.497 e. The predicted octanol–water partition coefficient (Wildman–Crippen LogP) is 5.25. The van der Waals surface area contributed by atoms with Gasteiger partial charge in [-0.05, 0) is 74.1 Å². The summed E-state index contributed by atoms with van der Waals surface area (Å²) in [5.41, 5.74) is 0.776. The largest absolute Gasteiger partial charge is 0.497 e. The summed E-state index contributed by atoms with van der Waals surface area (Å²) in [6, 6.07) is 10.8. The number of aliphatic imine (C=N–C) groups is 1. The van der Waals surface area contributed by atoms with Crippen molar-refractivity contribution in [3.05, 3.63) is 58.9 Å². The summed E-state index contributed by atoms with van der Waals surface area (Å²) in [5, 5.41) is 5.93. The summed E-state index contributed by atoms with van der Waals surface area (Å²) in [7, 11) is 2.90. The summed E-state index contributed by atoms with van der Waals surface area (Å²) >= 11 is 5.97. The number of amidine groups is 1. The van der Waals surface area contributed by atoms with E-state index in [1.807, 2.05) is 0 Å². The van der Waals surface area contributed by atoms with Crippen LogP contribution in [0.4, 0.5) is 14.9 Å². The van der Waals surface area contributed by atoms with E-state index in [9.17, 15) is 14.0 Å². The van der Waals surface area contributed by atoms with Crippen LogP contribution in [0.1, 0.15) is 42.5 Å². The van der Waals surface area contributed by atoms with Gasteiger partial charge in [-0.15, -0.1) is 0 Å². The lowest BCUT2D eigenvalue weighted by Gasteiger charge is -2.29. The Morgan fingerprint density at radius 2 is 1.79 bits per heavy atom. The Bertz CT molecular complexity index is 985. The van der Waals surface area contributed by atoms with Crippen LogP contribution in [0.2, 0.25) is 5.02 Å². The molecule has 0 saturated heterocycles. The maximum atomic E-state index is 13.8. The van der Waals surface area contributed by atoms with E-state index in [1.54, 1.807) is 37.4 Å². The zero-order chi connectivity index (χ0) is 23.8. The van der Waals surface area contributed by atoms with E-state index in [-0.39, 0.29) is 22.9 Å². The summed E-state index contributed by atoms with van der Waals surface area (Å²) in [6.45, 7) is 0. The minimum absolute atomic E-state index is 0.0602. The fourth-order valence-electron chi connectivity index (χ4n) is 3.84. The molecule has 0 atom stereocenters. The van der Waals surface area contributed by atoms with E-state index < -0.39 is 11.9 Å². The maximum absolute atomic E-state index is 13.8. The van der Waals surface area contributed by atoms with Gasteiger partial charge in [-0.2, -0.15) is 0 Å². The number of rotatable bonds is 6. The Labute approximate surface area is 197 Å². The Morgan fingerprint density at radius 1 is 1.09 bits per heavy atom. The second kappa shape index (κ2) is 11.7. The lowest BCUT2D eigenvalue weighted by Crippen LogP contribution is -2.38. The van der Waals surface area contributed by atoms with Gasteiger partial charge in [-0.25, -0.2) is 14.2 Å². The molecule has 3 rings (SSSR count). The molecule has 0 aromatic heterocycles. The number of amides is 2. The number of benzene rings is 2. The molecule has 2 amide bonds. The highest BCUT2D eigenvalue weighted by molar-refractivity contribution is 6.30. The molecule has 0 aliphatic heterocycles. The fraction of sp³-hybridized carbons (Fsp3) is 0.375. The Balaban J connectivity index is 1.73. The average molecular weight is 476 g/mol. The monoisotopic (exact) mass is 475 g/mol. The van der Waals surface area contributed by atoms with Gasteiger partial charge in [0.2, 0.25) is 0 Å². The quantitative estimate of drug-likeness (QED) is 0.441. The van der Waals surface area contributed by atoms with Gasteiger partial charge in [0.15, 0.2) is 0 Å². The average Bonchev–Trinajstić information content (AvgIpc) is 2.79.